The van der Waals surface area contributed by atoms with E-state index in [2.05, 4.69) is 21.0 Å². The zero-order valence-corrected chi connectivity index (χ0v) is 19.3. The van der Waals surface area contributed by atoms with Crippen LogP contribution in [0.5, 0.6) is 11.5 Å². The van der Waals surface area contributed by atoms with E-state index in [0.717, 1.165) is 5.56 Å². The van der Waals surface area contributed by atoms with E-state index in [4.69, 9.17) is 19.7 Å². The number of para-hydroxylation sites is 1. The average molecular weight is 503 g/mol. The zero-order chi connectivity index (χ0) is 23.2. The van der Waals surface area contributed by atoms with Crippen molar-refractivity contribution in [3.63, 3.8) is 0 Å². The SMILES string of the molecule is CCOc1cc(C=Nn2c(-c3ccccc3)nc3ccccc3c2=O)c(Br)cc1OCC#N. The summed E-state index contributed by atoms with van der Waals surface area (Å²) in [5.74, 6) is 1.35. The highest BCUT2D eigenvalue weighted by molar-refractivity contribution is 9.10. The van der Waals surface area contributed by atoms with E-state index in [0.29, 0.717) is 44.9 Å². The second-order valence-electron chi connectivity index (χ2n) is 6.88. The largest absolute Gasteiger partial charge is 0.490 e. The van der Waals surface area contributed by atoms with Crippen LogP contribution in [0, 0.1) is 11.3 Å². The molecule has 0 saturated heterocycles. The van der Waals surface area contributed by atoms with Crippen LogP contribution in [0.2, 0.25) is 0 Å². The number of ether oxygens (including phenoxy) is 2. The molecule has 0 aliphatic carbocycles. The molecule has 0 aliphatic rings. The predicted octanol–water partition coefficient (Wildman–Crippen LogP) is 5.01. The van der Waals surface area contributed by atoms with Crippen molar-refractivity contribution in [2.75, 3.05) is 13.2 Å². The molecule has 0 bridgehead atoms. The molecular formula is C25H19BrN4O3. The quantitative estimate of drug-likeness (QED) is 0.331. The molecule has 1 heterocycles. The zero-order valence-electron chi connectivity index (χ0n) is 17.7. The molecule has 0 unspecified atom stereocenters. The van der Waals surface area contributed by atoms with Crippen LogP contribution in [0.4, 0.5) is 0 Å². The van der Waals surface area contributed by atoms with Crippen molar-refractivity contribution in [1.29, 1.82) is 5.26 Å². The lowest BCUT2D eigenvalue weighted by Gasteiger charge is -2.12. The molecule has 0 atom stereocenters. The number of benzene rings is 3. The lowest BCUT2D eigenvalue weighted by molar-refractivity contribution is 0.298. The molecule has 8 heteroatoms. The number of nitrogens with zero attached hydrogens (tertiary/aromatic N) is 4. The monoisotopic (exact) mass is 502 g/mol. The molecule has 33 heavy (non-hydrogen) atoms. The molecule has 0 spiro atoms. The first kappa shape index (κ1) is 22.2. The first-order valence-electron chi connectivity index (χ1n) is 10.2. The summed E-state index contributed by atoms with van der Waals surface area (Å²) in [6.45, 7) is 2.18. The van der Waals surface area contributed by atoms with E-state index in [9.17, 15) is 4.79 Å². The van der Waals surface area contributed by atoms with E-state index in [-0.39, 0.29) is 12.2 Å². The predicted molar refractivity (Wildman–Crippen MR) is 131 cm³/mol. The van der Waals surface area contributed by atoms with E-state index in [1.54, 1.807) is 30.5 Å². The first-order valence-corrected chi connectivity index (χ1v) is 11.0. The highest BCUT2D eigenvalue weighted by atomic mass is 79.9. The van der Waals surface area contributed by atoms with Crippen molar-refractivity contribution in [3.8, 4) is 29.0 Å². The lowest BCUT2D eigenvalue weighted by atomic mass is 10.2. The molecule has 4 aromatic rings. The fourth-order valence-corrected chi connectivity index (χ4v) is 3.69. The van der Waals surface area contributed by atoms with Crippen molar-refractivity contribution >= 4 is 33.0 Å². The molecule has 7 nitrogen and oxygen atoms in total. The fourth-order valence-electron chi connectivity index (χ4n) is 3.27. The van der Waals surface area contributed by atoms with Crippen LogP contribution in [0.15, 0.2) is 81.1 Å². The van der Waals surface area contributed by atoms with Gasteiger partial charge in [-0.25, -0.2) is 4.98 Å². The van der Waals surface area contributed by atoms with Crippen molar-refractivity contribution in [2.45, 2.75) is 6.92 Å². The van der Waals surface area contributed by atoms with Gasteiger partial charge in [-0.05, 0) is 47.1 Å². The Morgan fingerprint density at radius 2 is 1.82 bits per heavy atom. The summed E-state index contributed by atoms with van der Waals surface area (Å²) >= 11 is 3.51. The van der Waals surface area contributed by atoms with Gasteiger partial charge < -0.3 is 9.47 Å². The molecule has 3 aromatic carbocycles. The number of aromatic nitrogens is 2. The standard InChI is InChI=1S/C25H19BrN4O3/c1-2-32-22-14-18(20(26)15-23(22)33-13-12-27)16-28-30-24(17-8-4-3-5-9-17)29-21-11-7-6-10-19(21)25(30)31/h3-11,14-16H,2,13H2,1H3. The first-order chi connectivity index (χ1) is 16.1. The highest BCUT2D eigenvalue weighted by Gasteiger charge is 2.13. The van der Waals surface area contributed by atoms with Gasteiger partial charge in [0, 0.05) is 15.6 Å². The molecule has 0 aliphatic heterocycles. The van der Waals surface area contributed by atoms with Crippen LogP contribution in [-0.4, -0.2) is 29.1 Å². The Kier molecular flexibility index (Phi) is 6.81. The minimum Gasteiger partial charge on any atom is -0.490 e. The van der Waals surface area contributed by atoms with Crippen LogP contribution in [0.25, 0.3) is 22.3 Å². The van der Waals surface area contributed by atoms with E-state index in [1.807, 2.05) is 55.5 Å². The van der Waals surface area contributed by atoms with E-state index in [1.165, 1.54) is 4.68 Å². The Morgan fingerprint density at radius 1 is 1.09 bits per heavy atom. The molecule has 0 saturated carbocycles. The summed E-state index contributed by atoms with van der Waals surface area (Å²) in [5.41, 5.74) is 1.77. The van der Waals surface area contributed by atoms with Gasteiger partial charge in [0.25, 0.3) is 5.56 Å². The fraction of sp³-hybridized carbons (Fsp3) is 0.120. The Balaban J connectivity index is 1.84. The maximum Gasteiger partial charge on any atom is 0.282 e. The summed E-state index contributed by atoms with van der Waals surface area (Å²) in [6, 6.07) is 22.0. The number of fused-ring (bicyclic) bond motifs is 1. The van der Waals surface area contributed by atoms with Gasteiger partial charge in [0.2, 0.25) is 0 Å². The van der Waals surface area contributed by atoms with Gasteiger partial charge in [0.1, 0.15) is 6.07 Å². The normalized spacial score (nSPS) is 10.9. The van der Waals surface area contributed by atoms with Crippen molar-refractivity contribution in [1.82, 2.24) is 9.66 Å². The van der Waals surface area contributed by atoms with Crippen LogP contribution >= 0.6 is 15.9 Å². The van der Waals surface area contributed by atoms with Gasteiger partial charge in [0.15, 0.2) is 23.9 Å². The Bertz CT molecular complexity index is 1430. The third kappa shape index (κ3) is 4.78. The van der Waals surface area contributed by atoms with Gasteiger partial charge >= 0.3 is 0 Å². The minimum atomic E-state index is -0.272. The summed E-state index contributed by atoms with van der Waals surface area (Å²) in [5, 5.41) is 13.8. The van der Waals surface area contributed by atoms with Crippen molar-refractivity contribution in [2.24, 2.45) is 5.10 Å². The molecular weight excluding hydrogens is 484 g/mol. The lowest BCUT2D eigenvalue weighted by Crippen LogP contribution is -2.20. The number of hydrogen-bond acceptors (Lipinski definition) is 6. The van der Waals surface area contributed by atoms with E-state index >= 15 is 0 Å². The molecule has 0 N–H and O–H groups in total. The second-order valence-corrected chi connectivity index (χ2v) is 7.73. The Hall–Kier alpha value is -3.96. The van der Waals surface area contributed by atoms with Gasteiger partial charge in [-0.3, -0.25) is 4.79 Å². The maximum absolute atomic E-state index is 13.3. The van der Waals surface area contributed by atoms with E-state index < -0.39 is 0 Å². The molecule has 164 valence electrons. The maximum atomic E-state index is 13.3. The van der Waals surface area contributed by atoms with Crippen LogP contribution in [0.1, 0.15) is 12.5 Å². The topological polar surface area (TPSA) is 89.5 Å². The highest BCUT2D eigenvalue weighted by Crippen LogP contribution is 2.33. The van der Waals surface area contributed by atoms with Gasteiger partial charge in [0.05, 0.1) is 23.7 Å². The van der Waals surface area contributed by atoms with Crippen molar-refractivity contribution < 1.29 is 9.47 Å². The van der Waals surface area contributed by atoms with Crippen molar-refractivity contribution in [3.05, 3.63) is 87.1 Å². The average Bonchev–Trinajstić information content (AvgIpc) is 2.84. The smallest absolute Gasteiger partial charge is 0.282 e. The molecule has 0 fully saturated rings. The number of nitriles is 1. The van der Waals surface area contributed by atoms with Gasteiger partial charge in [-0.15, -0.1) is 0 Å². The van der Waals surface area contributed by atoms with Crippen LogP contribution < -0.4 is 15.0 Å². The minimum absolute atomic E-state index is 0.0987. The third-order valence-electron chi connectivity index (χ3n) is 4.75. The molecule has 0 amide bonds. The third-order valence-corrected chi connectivity index (χ3v) is 5.44. The summed E-state index contributed by atoms with van der Waals surface area (Å²) in [4.78, 5) is 18.0. The number of rotatable bonds is 7. The summed E-state index contributed by atoms with van der Waals surface area (Å²) in [7, 11) is 0. The molecule has 0 radical (unpaired) electrons. The van der Waals surface area contributed by atoms with Crippen LogP contribution in [0.3, 0.4) is 0 Å². The van der Waals surface area contributed by atoms with Gasteiger partial charge in [-0.2, -0.15) is 15.0 Å². The van der Waals surface area contributed by atoms with Gasteiger partial charge in [-0.1, -0.05) is 42.5 Å². The summed E-state index contributed by atoms with van der Waals surface area (Å²) in [6.07, 6.45) is 1.56. The molecule has 4 rings (SSSR count). The number of halogens is 1. The molecule has 1 aromatic heterocycles. The van der Waals surface area contributed by atoms with Crippen LogP contribution in [-0.2, 0) is 0 Å². The Labute approximate surface area is 198 Å². The second kappa shape index (κ2) is 10.1. The Morgan fingerprint density at radius 3 is 2.58 bits per heavy atom. The summed E-state index contributed by atoms with van der Waals surface area (Å²) < 4.78 is 13.1. The number of hydrogen-bond donors (Lipinski definition) is 0.